The smallest absolute Gasteiger partial charge is 0.249 e. The van der Waals surface area contributed by atoms with Crippen molar-refractivity contribution in [3.05, 3.63) is 29.8 Å². The Labute approximate surface area is 107 Å². The van der Waals surface area contributed by atoms with Crippen LogP contribution in [0, 0.1) is 12.9 Å². The standard InChI is InChI=1S/C12H11FN4S/c1-3-18-9-8-11(16-15-10(9)13)14-12-7(2)5-4-6-17(8)12/h4-6H,3H2,1-2H3. The van der Waals surface area contributed by atoms with Gasteiger partial charge in [-0.15, -0.1) is 22.0 Å². The number of imidazole rings is 1. The average molecular weight is 262 g/mol. The van der Waals surface area contributed by atoms with Crippen LogP contribution in [0.2, 0.25) is 0 Å². The molecule has 6 heteroatoms. The molecule has 0 fully saturated rings. The van der Waals surface area contributed by atoms with E-state index in [9.17, 15) is 4.39 Å². The molecule has 0 spiro atoms. The Hall–Kier alpha value is -1.69. The lowest BCUT2D eigenvalue weighted by Gasteiger charge is -2.02. The van der Waals surface area contributed by atoms with E-state index in [1.54, 1.807) is 0 Å². The van der Waals surface area contributed by atoms with E-state index >= 15 is 0 Å². The minimum Gasteiger partial charge on any atom is -0.297 e. The molecule has 0 aromatic carbocycles. The second-order valence-corrected chi connectivity index (χ2v) is 5.20. The fourth-order valence-corrected chi connectivity index (χ4v) is 2.75. The number of fused-ring (bicyclic) bond motifs is 3. The van der Waals surface area contributed by atoms with Crippen LogP contribution in [0.5, 0.6) is 0 Å². The van der Waals surface area contributed by atoms with Gasteiger partial charge in [-0.3, -0.25) is 4.40 Å². The largest absolute Gasteiger partial charge is 0.297 e. The van der Waals surface area contributed by atoms with Gasteiger partial charge in [-0.1, -0.05) is 13.0 Å². The quantitative estimate of drug-likeness (QED) is 0.666. The zero-order valence-corrected chi connectivity index (χ0v) is 10.8. The molecule has 0 aliphatic rings. The lowest BCUT2D eigenvalue weighted by Crippen LogP contribution is -1.95. The monoisotopic (exact) mass is 262 g/mol. The SMILES string of the molecule is CCSc1c(F)nnc2nc3c(C)cccn3c12. The third kappa shape index (κ3) is 1.56. The molecule has 0 saturated heterocycles. The van der Waals surface area contributed by atoms with Crippen molar-refractivity contribution in [3.8, 4) is 0 Å². The summed E-state index contributed by atoms with van der Waals surface area (Å²) in [5, 5.41) is 7.37. The highest BCUT2D eigenvalue weighted by Crippen LogP contribution is 2.29. The van der Waals surface area contributed by atoms with Gasteiger partial charge in [0.25, 0.3) is 0 Å². The zero-order chi connectivity index (χ0) is 12.7. The van der Waals surface area contributed by atoms with E-state index in [4.69, 9.17) is 0 Å². The molecule has 0 N–H and O–H groups in total. The van der Waals surface area contributed by atoms with Crippen molar-refractivity contribution in [2.45, 2.75) is 18.7 Å². The van der Waals surface area contributed by atoms with Crippen LogP contribution in [0.4, 0.5) is 4.39 Å². The number of aromatic nitrogens is 4. The number of nitrogens with zero attached hydrogens (tertiary/aromatic N) is 4. The Morgan fingerprint density at radius 3 is 3.00 bits per heavy atom. The van der Waals surface area contributed by atoms with E-state index in [0.29, 0.717) is 16.1 Å². The number of thioether (sulfide) groups is 1. The number of hydrogen-bond acceptors (Lipinski definition) is 4. The minimum atomic E-state index is -0.530. The van der Waals surface area contributed by atoms with Crippen LogP contribution in [0.3, 0.4) is 0 Å². The van der Waals surface area contributed by atoms with E-state index < -0.39 is 5.95 Å². The molecule has 92 valence electrons. The van der Waals surface area contributed by atoms with Crippen molar-refractivity contribution in [1.29, 1.82) is 0 Å². The molecule has 18 heavy (non-hydrogen) atoms. The zero-order valence-electron chi connectivity index (χ0n) is 10.0. The van der Waals surface area contributed by atoms with Crippen LogP contribution in [-0.4, -0.2) is 25.3 Å². The van der Waals surface area contributed by atoms with Crippen LogP contribution in [-0.2, 0) is 0 Å². The number of halogens is 1. The van der Waals surface area contributed by atoms with Crippen LogP contribution >= 0.6 is 11.8 Å². The molecule has 0 bridgehead atoms. The van der Waals surface area contributed by atoms with Crippen molar-refractivity contribution in [3.63, 3.8) is 0 Å². The Bertz CT molecular complexity index is 738. The van der Waals surface area contributed by atoms with Crippen molar-refractivity contribution < 1.29 is 4.39 Å². The van der Waals surface area contributed by atoms with Crippen molar-refractivity contribution in [1.82, 2.24) is 19.6 Å². The van der Waals surface area contributed by atoms with Gasteiger partial charge in [0.05, 0.1) is 4.90 Å². The second-order valence-electron chi connectivity index (χ2n) is 3.92. The first-order valence-corrected chi connectivity index (χ1v) is 6.63. The third-order valence-electron chi connectivity index (χ3n) is 2.75. The molecule has 0 unspecified atom stereocenters. The number of pyridine rings is 1. The van der Waals surface area contributed by atoms with Gasteiger partial charge < -0.3 is 0 Å². The van der Waals surface area contributed by atoms with Gasteiger partial charge in [-0.05, 0) is 24.3 Å². The summed E-state index contributed by atoms with van der Waals surface area (Å²) in [5.41, 5.74) is 3.02. The molecule has 0 aliphatic heterocycles. The maximum atomic E-state index is 13.8. The van der Waals surface area contributed by atoms with Gasteiger partial charge in [-0.2, -0.15) is 4.39 Å². The predicted molar refractivity (Wildman–Crippen MR) is 69.4 cm³/mol. The lowest BCUT2D eigenvalue weighted by atomic mass is 10.3. The lowest BCUT2D eigenvalue weighted by molar-refractivity contribution is 0.542. The van der Waals surface area contributed by atoms with Gasteiger partial charge >= 0.3 is 0 Å². The van der Waals surface area contributed by atoms with E-state index in [0.717, 1.165) is 17.0 Å². The molecule has 4 nitrogen and oxygen atoms in total. The van der Waals surface area contributed by atoms with E-state index in [-0.39, 0.29) is 0 Å². The van der Waals surface area contributed by atoms with Gasteiger partial charge in [-0.25, -0.2) is 4.98 Å². The average Bonchev–Trinajstić information content (AvgIpc) is 2.73. The highest BCUT2D eigenvalue weighted by atomic mass is 32.2. The fraction of sp³-hybridized carbons (Fsp3) is 0.250. The van der Waals surface area contributed by atoms with Crippen LogP contribution < -0.4 is 0 Å². The van der Waals surface area contributed by atoms with Gasteiger partial charge in [0.15, 0.2) is 0 Å². The third-order valence-corrected chi connectivity index (χ3v) is 3.69. The molecule has 0 atom stereocenters. The number of hydrogen-bond donors (Lipinski definition) is 0. The highest BCUT2D eigenvalue weighted by molar-refractivity contribution is 7.99. The summed E-state index contributed by atoms with van der Waals surface area (Å²) in [7, 11) is 0. The van der Waals surface area contributed by atoms with Crippen molar-refractivity contribution >= 4 is 28.6 Å². The molecule has 0 amide bonds. The topological polar surface area (TPSA) is 43.1 Å². The number of rotatable bonds is 2. The summed E-state index contributed by atoms with van der Waals surface area (Å²) in [6.07, 6.45) is 1.87. The first-order valence-electron chi connectivity index (χ1n) is 5.64. The maximum Gasteiger partial charge on any atom is 0.249 e. The van der Waals surface area contributed by atoms with Crippen molar-refractivity contribution in [2.24, 2.45) is 0 Å². The molecule has 0 radical (unpaired) electrons. The molecule has 3 heterocycles. The molecule has 3 aromatic heterocycles. The summed E-state index contributed by atoms with van der Waals surface area (Å²) in [4.78, 5) is 4.92. The van der Waals surface area contributed by atoms with Gasteiger partial charge in [0.1, 0.15) is 11.2 Å². The van der Waals surface area contributed by atoms with Crippen molar-refractivity contribution in [2.75, 3.05) is 5.75 Å². The normalized spacial score (nSPS) is 11.5. The summed E-state index contributed by atoms with van der Waals surface area (Å²) in [5.74, 6) is 0.245. The molecule has 0 saturated carbocycles. The van der Waals surface area contributed by atoms with E-state index in [1.807, 2.05) is 36.6 Å². The van der Waals surface area contributed by atoms with Gasteiger partial charge in [0, 0.05) is 6.20 Å². The van der Waals surface area contributed by atoms with Crippen LogP contribution in [0.15, 0.2) is 23.2 Å². The second kappa shape index (κ2) is 4.20. The summed E-state index contributed by atoms with van der Waals surface area (Å²) in [6, 6.07) is 3.89. The van der Waals surface area contributed by atoms with E-state index in [2.05, 4.69) is 15.2 Å². The summed E-state index contributed by atoms with van der Waals surface area (Å²) < 4.78 is 15.7. The maximum absolute atomic E-state index is 13.8. The van der Waals surface area contributed by atoms with E-state index in [1.165, 1.54) is 11.8 Å². The molecular weight excluding hydrogens is 251 g/mol. The molecule has 0 aliphatic carbocycles. The number of aryl methyl sites for hydroxylation is 1. The Morgan fingerprint density at radius 1 is 1.39 bits per heavy atom. The fourth-order valence-electron chi connectivity index (χ4n) is 1.98. The van der Waals surface area contributed by atoms with Crippen LogP contribution in [0.1, 0.15) is 12.5 Å². The van der Waals surface area contributed by atoms with Gasteiger partial charge in [0.2, 0.25) is 11.6 Å². The Kier molecular flexibility index (Phi) is 2.66. The first-order chi connectivity index (χ1) is 8.72. The highest BCUT2D eigenvalue weighted by Gasteiger charge is 2.16. The Morgan fingerprint density at radius 2 is 2.22 bits per heavy atom. The summed E-state index contributed by atoms with van der Waals surface area (Å²) >= 11 is 1.42. The van der Waals surface area contributed by atoms with Crippen LogP contribution in [0.25, 0.3) is 16.8 Å². The summed E-state index contributed by atoms with van der Waals surface area (Å²) in [6.45, 7) is 3.95. The minimum absolute atomic E-state index is 0.488. The predicted octanol–water partition coefficient (Wildman–Crippen LogP) is 2.84. The first kappa shape index (κ1) is 11.4. The Balaban J connectivity index is 2.49. The molecule has 3 aromatic rings. The molecular formula is C12H11FN4S. The molecule has 3 rings (SSSR count).